The Morgan fingerprint density at radius 2 is 2.06 bits per heavy atom. The fourth-order valence-corrected chi connectivity index (χ4v) is 1.45. The van der Waals surface area contributed by atoms with E-state index in [-0.39, 0.29) is 11.8 Å². The van der Waals surface area contributed by atoms with Crippen molar-refractivity contribution >= 4 is 11.7 Å². The van der Waals surface area contributed by atoms with Crippen molar-refractivity contribution in [2.24, 2.45) is 0 Å². The highest BCUT2D eigenvalue weighted by Crippen LogP contribution is 2.39. The first kappa shape index (κ1) is 10.6. The number of methoxy groups -OCH3 is 1. The predicted octanol–water partition coefficient (Wildman–Crippen LogP) is 1.21. The maximum absolute atomic E-state index is 11.1. The van der Waals surface area contributed by atoms with Gasteiger partial charge >= 0.3 is 5.97 Å². The Kier molecular flexibility index (Phi) is 2.57. The molecule has 6 nitrogen and oxygen atoms in total. The van der Waals surface area contributed by atoms with Crippen LogP contribution in [-0.4, -0.2) is 24.1 Å². The molecule has 0 N–H and O–H groups in total. The van der Waals surface area contributed by atoms with Crippen LogP contribution in [0.25, 0.3) is 0 Å². The van der Waals surface area contributed by atoms with Crippen molar-refractivity contribution in [3.63, 3.8) is 0 Å². The van der Waals surface area contributed by atoms with Crippen LogP contribution in [0.4, 0.5) is 5.69 Å². The fourth-order valence-electron chi connectivity index (χ4n) is 1.45. The van der Waals surface area contributed by atoms with Crippen molar-refractivity contribution in [3.8, 4) is 0 Å². The van der Waals surface area contributed by atoms with Gasteiger partial charge in [0.15, 0.2) is 6.10 Å². The molecule has 2 rings (SSSR count). The van der Waals surface area contributed by atoms with Crippen molar-refractivity contribution in [2.75, 3.05) is 7.11 Å². The highest BCUT2D eigenvalue weighted by atomic mass is 16.6. The molecule has 0 unspecified atom stereocenters. The van der Waals surface area contributed by atoms with Gasteiger partial charge in [-0.05, 0) is 17.7 Å². The molecule has 1 aliphatic rings. The van der Waals surface area contributed by atoms with E-state index in [4.69, 9.17) is 4.74 Å². The maximum atomic E-state index is 11.1. The zero-order valence-corrected chi connectivity index (χ0v) is 8.45. The first-order valence-electron chi connectivity index (χ1n) is 4.61. The van der Waals surface area contributed by atoms with Gasteiger partial charge in [-0.1, -0.05) is 0 Å². The molecule has 0 bridgehead atoms. The summed E-state index contributed by atoms with van der Waals surface area (Å²) in [5, 5.41) is 10.4. The van der Waals surface area contributed by atoms with Gasteiger partial charge in [0.05, 0.1) is 12.0 Å². The number of carbonyl (C=O) groups is 1. The molecular formula is C10H9NO5. The number of hydrogen-bond acceptors (Lipinski definition) is 5. The summed E-state index contributed by atoms with van der Waals surface area (Å²) < 4.78 is 9.63. The lowest BCUT2D eigenvalue weighted by molar-refractivity contribution is -0.384. The van der Waals surface area contributed by atoms with Gasteiger partial charge in [0.2, 0.25) is 0 Å². The van der Waals surface area contributed by atoms with Gasteiger partial charge in [-0.2, -0.15) is 0 Å². The molecule has 1 aromatic rings. The maximum Gasteiger partial charge on any atom is 0.338 e. The molecule has 84 valence electrons. The van der Waals surface area contributed by atoms with Crippen molar-refractivity contribution in [2.45, 2.75) is 12.2 Å². The van der Waals surface area contributed by atoms with Crippen LogP contribution in [0.5, 0.6) is 0 Å². The summed E-state index contributed by atoms with van der Waals surface area (Å²) in [6.45, 7) is 0. The monoisotopic (exact) mass is 223 g/mol. The van der Waals surface area contributed by atoms with Gasteiger partial charge in [-0.3, -0.25) is 10.1 Å². The van der Waals surface area contributed by atoms with Crippen LogP contribution in [0, 0.1) is 10.1 Å². The van der Waals surface area contributed by atoms with E-state index in [0.29, 0.717) is 0 Å². The van der Waals surface area contributed by atoms with Gasteiger partial charge in [0.1, 0.15) is 6.10 Å². The van der Waals surface area contributed by atoms with E-state index in [9.17, 15) is 14.9 Å². The van der Waals surface area contributed by atoms with E-state index in [1.54, 1.807) is 12.1 Å². The number of ether oxygens (including phenoxy) is 2. The molecule has 1 aliphatic heterocycles. The number of non-ortho nitro benzene ring substituents is 1. The number of nitro benzene ring substituents is 1. The summed E-state index contributed by atoms with van der Waals surface area (Å²) in [6, 6.07) is 5.91. The number of hydrogen-bond donors (Lipinski definition) is 0. The molecule has 0 aromatic heterocycles. The standard InChI is InChI=1S/C10H9NO5/c1-15-10(12)9-8(16-9)6-2-4-7(5-3-6)11(13)14/h2-5,8-9H,1H3/t8-,9+/m1/s1. The molecule has 6 heteroatoms. The Balaban J connectivity index is 2.07. The van der Waals surface area contributed by atoms with Crippen LogP contribution in [0.3, 0.4) is 0 Å². The van der Waals surface area contributed by atoms with E-state index < -0.39 is 17.0 Å². The number of carbonyl (C=O) groups excluding carboxylic acids is 1. The second-order valence-electron chi connectivity index (χ2n) is 3.35. The molecule has 1 aromatic carbocycles. The molecule has 0 aliphatic carbocycles. The summed E-state index contributed by atoms with van der Waals surface area (Å²) in [7, 11) is 1.29. The minimum Gasteiger partial charge on any atom is -0.467 e. The number of benzene rings is 1. The van der Waals surface area contributed by atoms with E-state index >= 15 is 0 Å². The van der Waals surface area contributed by atoms with E-state index in [1.807, 2.05) is 0 Å². The number of epoxide rings is 1. The Bertz CT molecular complexity index is 427. The van der Waals surface area contributed by atoms with Crippen molar-refractivity contribution in [1.82, 2.24) is 0 Å². The van der Waals surface area contributed by atoms with Crippen LogP contribution >= 0.6 is 0 Å². The Morgan fingerprint density at radius 3 is 2.56 bits per heavy atom. The molecule has 16 heavy (non-hydrogen) atoms. The lowest BCUT2D eigenvalue weighted by Gasteiger charge is -1.95. The third-order valence-corrected chi connectivity index (χ3v) is 2.36. The third kappa shape index (κ3) is 1.87. The molecule has 2 atom stereocenters. The lowest BCUT2D eigenvalue weighted by Crippen LogP contribution is -2.09. The normalized spacial score (nSPS) is 22.6. The Morgan fingerprint density at radius 1 is 1.44 bits per heavy atom. The van der Waals surface area contributed by atoms with E-state index in [0.717, 1.165) is 5.56 Å². The van der Waals surface area contributed by atoms with Crippen molar-refractivity contribution in [3.05, 3.63) is 39.9 Å². The Hall–Kier alpha value is -1.95. The second kappa shape index (κ2) is 3.90. The van der Waals surface area contributed by atoms with Crippen molar-refractivity contribution in [1.29, 1.82) is 0 Å². The van der Waals surface area contributed by atoms with Crippen LogP contribution in [0.15, 0.2) is 24.3 Å². The van der Waals surface area contributed by atoms with E-state index in [1.165, 1.54) is 19.2 Å². The van der Waals surface area contributed by atoms with Gasteiger partial charge in [-0.15, -0.1) is 0 Å². The average molecular weight is 223 g/mol. The van der Waals surface area contributed by atoms with Crippen LogP contribution < -0.4 is 0 Å². The molecule has 1 heterocycles. The summed E-state index contributed by atoms with van der Waals surface area (Å²) >= 11 is 0. The molecule has 0 spiro atoms. The minimum atomic E-state index is -0.577. The number of nitrogens with zero attached hydrogens (tertiary/aromatic N) is 1. The zero-order valence-electron chi connectivity index (χ0n) is 8.45. The number of nitro groups is 1. The second-order valence-corrected chi connectivity index (χ2v) is 3.35. The van der Waals surface area contributed by atoms with Gasteiger partial charge in [0, 0.05) is 12.1 Å². The molecule has 1 fully saturated rings. The molecule has 0 amide bonds. The first-order valence-corrected chi connectivity index (χ1v) is 4.61. The smallest absolute Gasteiger partial charge is 0.338 e. The predicted molar refractivity (Wildman–Crippen MR) is 52.7 cm³/mol. The largest absolute Gasteiger partial charge is 0.467 e. The first-order chi connectivity index (χ1) is 7.63. The number of rotatable bonds is 3. The molecular weight excluding hydrogens is 214 g/mol. The molecule has 0 radical (unpaired) electrons. The minimum absolute atomic E-state index is 0.0130. The van der Waals surface area contributed by atoms with Crippen LogP contribution in [0.2, 0.25) is 0 Å². The number of esters is 1. The molecule has 0 saturated carbocycles. The van der Waals surface area contributed by atoms with Gasteiger partial charge < -0.3 is 9.47 Å². The molecule has 1 saturated heterocycles. The highest BCUT2D eigenvalue weighted by Gasteiger charge is 2.47. The Labute approximate surface area is 90.9 Å². The average Bonchev–Trinajstić information content (AvgIpc) is 3.08. The topological polar surface area (TPSA) is 82.0 Å². The van der Waals surface area contributed by atoms with Crippen LogP contribution in [-0.2, 0) is 14.3 Å². The summed E-state index contributed by atoms with van der Waals surface area (Å²) in [4.78, 5) is 21.0. The quantitative estimate of drug-likeness (QED) is 0.333. The van der Waals surface area contributed by atoms with Crippen molar-refractivity contribution < 1.29 is 19.2 Å². The highest BCUT2D eigenvalue weighted by molar-refractivity contribution is 5.78. The van der Waals surface area contributed by atoms with Gasteiger partial charge in [0.25, 0.3) is 5.69 Å². The van der Waals surface area contributed by atoms with Crippen LogP contribution in [0.1, 0.15) is 11.7 Å². The van der Waals surface area contributed by atoms with Gasteiger partial charge in [-0.25, -0.2) is 4.79 Å². The third-order valence-electron chi connectivity index (χ3n) is 2.36. The summed E-state index contributed by atoms with van der Waals surface area (Å²) in [5.41, 5.74) is 0.750. The fraction of sp³-hybridized carbons (Fsp3) is 0.300. The zero-order chi connectivity index (χ0) is 11.7. The SMILES string of the molecule is COC(=O)[C@H]1O[C@@H]1c1ccc([N+](=O)[O-])cc1. The van der Waals surface area contributed by atoms with E-state index in [2.05, 4.69) is 4.74 Å². The lowest BCUT2D eigenvalue weighted by atomic mass is 10.1. The summed E-state index contributed by atoms with van der Waals surface area (Å²) in [6.07, 6.45) is -0.917. The summed E-state index contributed by atoms with van der Waals surface area (Å²) in [5.74, 6) is -0.427.